The SMILES string of the molecule is CCCNCCCS(=O)(=O)NCc1ncc[nH]1. The lowest BCUT2D eigenvalue weighted by atomic mass is 10.4. The number of imidazole rings is 1. The van der Waals surface area contributed by atoms with Crippen molar-refractivity contribution in [3.05, 3.63) is 18.2 Å². The van der Waals surface area contributed by atoms with E-state index in [1.54, 1.807) is 12.4 Å². The Morgan fingerprint density at radius 1 is 1.41 bits per heavy atom. The molecule has 0 aromatic carbocycles. The number of nitrogens with zero attached hydrogens (tertiary/aromatic N) is 1. The largest absolute Gasteiger partial charge is 0.347 e. The summed E-state index contributed by atoms with van der Waals surface area (Å²) in [6.45, 7) is 3.96. The molecule has 0 saturated heterocycles. The molecule has 3 N–H and O–H groups in total. The van der Waals surface area contributed by atoms with Gasteiger partial charge < -0.3 is 10.3 Å². The third kappa shape index (κ3) is 6.40. The highest BCUT2D eigenvalue weighted by atomic mass is 32.2. The van der Waals surface area contributed by atoms with E-state index in [0.717, 1.165) is 19.5 Å². The van der Waals surface area contributed by atoms with Crippen LogP contribution >= 0.6 is 0 Å². The van der Waals surface area contributed by atoms with Crippen molar-refractivity contribution in [2.24, 2.45) is 0 Å². The van der Waals surface area contributed by atoms with Crippen LogP contribution in [-0.2, 0) is 16.6 Å². The van der Waals surface area contributed by atoms with Gasteiger partial charge in [0.05, 0.1) is 12.3 Å². The van der Waals surface area contributed by atoms with Gasteiger partial charge in [-0.15, -0.1) is 0 Å². The highest BCUT2D eigenvalue weighted by Crippen LogP contribution is 1.93. The Morgan fingerprint density at radius 2 is 2.24 bits per heavy atom. The second-order valence-corrected chi connectivity index (χ2v) is 5.71. The van der Waals surface area contributed by atoms with Gasteiger partial charge in [0.25, 0.3) is 0 Å². The summed E-state index contributed by atoms with van der Waals surface area (Å²) in [6.07, 6.45) is 4.94. The monoisotopic (exact) mass is 260 g/mol. The molecule has 0 fully saturated rings. The first kappa shape index (κ1) is 14.1. The van der Waals surface area contributed by atoms with Crippen LogP contribution in [0.4, 0.5) is 0 Å². The minimum absolute atomic E-state index is 0.143. The fourth-order valence-corrected chi connectivity index (χ4v) is 2.36. The van der Waals surface area contributed by atoms with Gasteiger partial charge in [0.2, 0.25) is 10.0 Å². The molecule has 0 aliphatic heterocycles. The van der Waals surface area contributed by atoms with Crippen LogP contribution in [-0.4, -0.2) is 37.2 Å². The fraction of sp³-hybridized carbons (Fsp3) is 0.700. The number of H-pyrrole nitrogens is 1. The van der Waals surface area contributed by atoms with Crippen LogP contribution < -0.4 is 10.0 Å². The lowest BCUT2D eigenvalue weighted by molar-refractivity contribution is 0.572. The van der Waals surface area contributed by atoms with Crippen molar-refractivity contribution in [2.45, 2.75) is 26.3 Å². The number of aromatic amines is 1. The summed E-state index contributed by atoms with van der Waals surface area (Å²) >= 11 is 0. The van der Waals surface area contributed by atoms with Gasteiger partial charge >= 0.3 is 0 Å². The van der Waals surface area contributed by atoms with Crippen molar-refractivity contribution in [2.75, 3.05) is 18.8 Å². The minimum Gasteiger partial charge on any atom is -0.347 e. The second-order valence-electron chi connectivity index (χ2n) is 3.78. The molecule has 0 radical (unpaired) electrons. The van der Waals surface area contributed by atoms with E-state index in [0.29, 0.717) is 12.2 Å². The smallest absolute Gasteiger partial charge is 0.212 e. The molecule has 17 heavy (non-hydrogen) atoms. The zero-order chi connectivity index (χ0) is 12.6. The number of aromatic nitrogens is 2. The van der Waals surface area contributed by atoms with Crippen molar-refractivity contribution in [1.82, 2.24) is 20.0 Å². The molecule has 6 nitrogen and oxygen atoms in total. The molecule has 0 aliphatic carbocycles. The number of sulfonamides is 1. The maximum atomic E-state index is 11.6. The highest BCUT2D eigenvalue weighted by Gasteiger charge is 2.09. The van der Waals surface area contributed by atoms with E-state index in [2.05, 4.69) is 26.9 Å². The predicted molar refractivity (Wildman–Crippen MR) is 67.0 cm³/mol. The van der Waals surface area contributed by atoms with E-state index in [1.165, 1.54) is 0 Å². The maximum absolute atomic E-state index is 11.6. The molecule has 0 saturated carbocycles. The first-order chi connectivity index (χ1) is 8.14. The molecule has 1 aromatic rings. The van der Waals surface area contributed by atoms with E-state index in [9.17, 15) is 8.42 Å². The highest BCUT2D eigenvalue weighted by molar-refractivity contribution is 7.89. The Bertz CT molecular complexity index is 388. The van der Waals surface area contributed by atoms with E-state index in [-0.39, 0.29) is 12.3 Å². The molecule has 1 aromatic heterocycles. The van der Waals surface area contributed by atoms with E-state index < -0.39 is 10.0 Å². The average molecular weight is 260 g/mol. The molecule has 7 heteroatoms. The average Bonchev–Trinajstić information content (AvgIpc) is 2.79. The summed E-state index contributed by atoms with van der Waals surface area (Å²) < 4.78 is 25.7. The van der Waals surface area contributed by atoms with Crippen LogP contribution in [0.1, 0.15) is 25.6 Å². The van der Waals surface area contributed by atoms with Crippen molar-refractivity contribution in [3.8, 4) is 0 Å². The van der Waals surface area contributed by atoms with Crippen molar-refractivity contribution in [3.63, 3.8) is 0 Å². The van der Waals surface area contributed by atoms with Gasteiger partial charge in [-0.25, -0.2) is 18.1 Å². The molecule has 0 bridgehead atoms. The molecular weight excluding hydrogens is 240 g/mol. The van der Waals surface area contributed by atoms with E-state index in [1.807, 2.05) is 0 Å². The molecule has 98 valence electrons. The van der Waals surface area contributed by atoms with E-state index in [4.69, 9.17) is 0 Å². The fourth-order valence-electron chi connectivity index (χ4n) is 1.33. The van der Waals surface area contributed by atoms with Gasteiger partial charge in [-0.3, -0.25) is 0 Å². The van der Waals surface area contributed by atoms with Crippen LogP contribution in [0.3, 0.4) is 0 Å². The Hall–Kier alpha value is -0.920. The lowest BCUT2D eigenvalue weighted by Crippen LogP contribution is -2.28. The summed E-state index contributed by atoms with van der Waals surface area (Å²) in [5.41, 5.74) is 0. The zero-order valence-electron chi connectivity index (χ0n) is 10.1. The minimum atomic E-state index is -3.19. The number of hydrogen-bond donors (Lipinski definition) is 3. The van der Waals surface area contributed by atoms with Crippen molar-refractivity contribution < 1.29 is 8.42 Å². The summed E-state index contributed by atoms with van der Waals surface area (Å²) in [5.74, 6) is 0.766. The molecular formula is C10H20N4O2S. The van der Waals surface area contributed by atoms with Gasteiger partial charge in [-0.1, -0.05) is 6.92 Å². The third-order valence-electron chi connectivity index (χ3n) is 2.21. The number of nitrogens with one attached hydrogen (secondary N) is 3. The molecule has 0 unspecified atom stereocenters. The van der Waals surface area contributed by atoms with Gasteiger partial charge in [-0.2, -0.15) is 0 Å². The van der Waals surface area contributed by atoms with Crippen LogP contribution in [0.25, 0.3) is 0 Å². The van der Waals surface area contributed by atoms with Gasteiger partial charge in [0, 0.05) is 12.4 Å². The summed E-state index contributed by atoms with van der Waals surface area (Å²) in [5, 5.41) is 3.17. The van der Waals surface area contributed by atoms with Crippen LogP contribution in [0.2, 0.25) is 0 Å². The van der Waals surface area contributed by atoms with Crippen LogP contribution in [0.5, 0.6) is 0 Å². The summed E-state index contributed by atoms with van der Waals surface area (Å²) in [4.78, 5) is 6.79. The van der Waals surface area contributed by atoms with E-state index >= 15 is 0 Å². The predicted octanol–water partition coefficient (Wildman–Crippen LogP) is 0.219. The number of hydrogen-bond acceptors (Lipinski definition) is 4. The lowest BCUT2D eigenvalue weighted by Gasteiger charge is -2.05. The molecule has 0 aliphatic rings. The Labute approximate surface area is 102 Å². The van der Waals surface area contributed by atoms with Gasteiger partial charge in [-0.05, 0) is 25.9 Å². The summed E-state index contributed by atoms with van der Waals surface area (Å²) in [7, 11) is -3.19. The van der Waals surface area contributed by atoms with Crippen molar-refractivity contribution >= 4 is 10.0 Å². The Morgan fingerprint density at radius 3 is 2.88 bits per heavy atom. The van der Waals surface area contributed by atoms with Gasteiger partial charge in [0.1, 0.15) is 5.82 Å². The molecule has 1 heterocycles. The zero-order valence-corrected chi connectivity index (χ0v) is 10.9. The molecule has 1 rings (SSSR count). The van der Waals surface area contributed by atoms with Crippen LogP contribution in [0, 0.1) is 0 Å². The van der Waals surface area contributed by atoms with Crippen molar-refractivity contribution in [1.29, 1.82) is 0 Å². The molecule has 0 atom stereocenters. The Kier molecular flexibility index (Phi) is 6.17. The first-order valence-corrected chi connectivity index (χ1v) is 7.45. The molecule has 0 amide bonds. The standard InChI is InChI=1S/C10H20N4O2S/c1-2-4-11-5-3-8-17(15,16)14-9-10-12-6-7-13-10/h6-7,11,14H,2-5,8-9H2,1H3,(H,12,13). The third-order valence-corrected chi connectivity index (χ3v) is 3.62. The quantitative estimate of drug-likeness (QED) is 0.554. The van der Waals surface area contributed by atoms with Gasteiger partial charge in [0.15, 0.2) is 0 Å². The maximum Gasteiger partial charge on any atom is 0.212 e. The first-order valence-electron chi connectivity index (χ1n) is 5.80. The Balaban J connectivity index is 2.17. The molecule has 0 spiro atoms. The second kappa shape index (κ2) is 7.41. The van der Waals surface area contributed by atoms with Crippen LogP contribution in [0.15, 0.2) is 12.4 Å². The number of rotatable bonds is 9. The topological polar surface area (TPSA) is 86.9 Å². The normalized spacial score (nSPS) is 11.8. The summed E-state index contributed by atoms with van der Waals surface area (Å²) in [6, 6.07) is 0.